The Morgan fingerprint density at radius 1 is 1.47 bits per heavy atom. The maximum absolute atomic E-state index is 9.19. The SMILES string of the molecule is Nc1ncc(Br)c(N(CCO)C2CCCC2)n1. The Morgan fingerprint density at radius 3 is 2.82 bits per heavy atom. The van der Waals surface area contributed by atoms with Crippen LogP contribution in [0, 0.1) is 0 Å². The fraction of sp³-hybridized carbons (Fsp3) is 0.636. The molecule has 1 saturated carbocycles. The van der Waals surface area contributed by atoms with Crippen LogP contribution in [0.25, 0.3) is 0 Å². The first-order valence-electron chi connectivity index (χ1n) is 5.88. The Balaban J connectivity index is 2.27. The van der Waals surface area contributed by atoms with E-state index in [1.165, 1.54) is 12.8 Å². The highest BCUT2D eigenvalue weighted by molar-refractivity contribution is 9.10. The van der Waals surface area contributed by atoms with Crippen LogP contribution in [0.5, 0.6) is 0 Å². The minimum absolute atomic E-state index is 0.118. The average Bonchev–Trinajstić information content (AvgIpc) is 2.83. The Bertz CT molecular complexity index is 382. The molecule has 1 aliphatic rings. The number of aromatic nitrogens is 2. The summed E-state index contributed by atoms with van der Waals surface area (Å²) in [5.74, 6) is 1.06. The number of nitrogen functional groups attached to an aromatic ring is 1. The summed E-state index contributed by atoms with van der Waals surface area (Å²) >= 11 is 3.44. The van der Waals surface area contributed by atoms with Crippen molar-refractivity contribution < 1.29 is 5.11 Å². The van der Waals surface area contributed by atoms with E-state index in [1.54, 1.807) is 6.20 Å². The summed E-state index contributed by atoms with van der Waals surface area (Å²) in [6.45, 7) is 0.701. The second-order valence-corrected chi connectivity index (χ2v) is 5.11. The van der Waals surface area contributed by atoms with Crippen LogP contribution in [0.15, 0.2) is 10.7 Å². The Morgan fingerprint density at radius 2 is 2.18 bits per heavy atom. The van der Waals surface area contributed by atoms with Crippen LogP contribution in [0.2, 0.25) is 0 Å². The number of aliphatic hydroxyl groups is 1. The lowest BCUT2D eigenvalue weighted by Gasteiger charge is -2.30. The van der Waals surface area contributed by atoms with Crippen molar-refractivity contribution in [2.45, 2.75) is 31.7 Å². The molecule has 94 valence electrons. The maximum Gasteiger partial charge on any atom is 0.222 e. The summed E-state index contributed by atoms with van der Waals surface area (Å²) in [5.41, 5.74) is 5.63. The molecule has 1 aliphatic carbocycles. The first-order valence-corrected chi connectivity index (χ1v) is 6.67. The third-order valence-electron chi connectivity index (χ3n) is 3.12. The number of nitrogens with zero attached hydrogens (tertiary/aromatic N) is 3. The first kappa shape index (κ1) is 12.6. The average molecular weight is 301 g/mol. The molecular weight excluding hydrogens is 284 g/mol. The van der Waals surface area contributed by atoms with Crippen molar-refractivity contribution in [3.63, 3.8) is 0 Å². The summed E-state index contributed by atoms with van der Waals surface area (Å²) < 4.78 is 0.826. The van der Waals surface area contributed by atoms with Crippen LogP contribution in [-0.2, 0) is 0 Å². The molecule has 0 atom stereocenters. The molecule has 2 rings (SSSR count). The molecule has 0 spiro atoms. The van der Waals surface area contributed by atoms with E-state index in [-0.39, 0.29) is 12.6 Å². The Labute approximate surface area is 109 Å². The number of rotatable bonds is 4. The largest absolute Gasteiger partial charge is 0.395 e. The standard InChI is InChI=1S/C11H17BrN4O/c12-9-7-14-11(13)15-10(9)16(5-6-17)8-3-1-2-4-8/h7-8,17H,1-6H2,(H2,13,14,15). The van der Waals surface area contributed by atoms with Gasteiger partial charge in [0, 0.05) is 18.8 Å². The number of anilines is 2. The molecule has 0 unspecified atom stereocenters. The van der Waals surface area contributed by atoms with E-state index < -0.39 is 0 Å². The zero-order valence-electron chi connectivity index (χ0n) is 9.64. The van der Waals surface area contributed by atoms with Gasteiger partial charge in [-0.1, -0.05) is 12.8 Å². The second-order valence-electron chi connectivity index (χ2n) is 4.26. The smallest absolute Gasteiger partial charge is 0.222 e. The van der Waals surface area contributed by atoms with Gasteiger partial charge in [-0.15, -0.1) is 0 Å². The van der Waals surface area contributed by atoms with Gasteiger partial charge in [0.15, 0.2) is 0 Å². The van der Waals surface area contributed by atoms with Crippen LogP contribution < -0.4 is 10.6 Å². The van der Waals surface area contributed by atoms with E-state index in [0.29, 0.717) is 12.6 Å². The van der Waals surface area contributed by atoms with Gasteiger partial charge in [-0.25, -0.2) is 4.98 Å². The lowest BCUT2D eigenvalue weighted by molar-refractivity contribution is 0.296. The first-order chi connectivity index (χ1) is 8.22. The van der Waals surface area contributed by atoms with Crippen LogP contribution >= 0.6 is 15.9 Å². The summed E-state index contributed by atoms with van der Waals surface area (Å²) in [5, 5.41) is 9.19. The fourth-order valence-electron chi connectivity index (χ4n) is 2.36. The molecule has 6 heteroatoms. The molecule has 0 aliphatic heterocycles. The number of nitrogens with two attached hydrogens (primary N) is 1. The van der Waals surface area contributed by atoms with Crippen molar-refractivity contribution in [2.75, 3.05) is 23.8 Å². The normalized spacial score (nSPS) is 16.4. The lowest BCUT2D eigenvalue weighted by atomic mass is 10.2. The summed E-state index contributed by atoms with van der Waals surface area (Å²) in [4.78, 5) is 10.3. The molecule has 1 aromatic heterocycles. The fourth-order valence-corrected chi connectivity index (χ4v) is 2.78. The van der Waals surface area contributed by atoms with Crippen LogP contribution in [0.3, 0.4) is 0 Å². The van der Waals surface area contributed by atoms with E-state index in [2.05, 4.69) is 30.8 Å². The molecule has 0 aromatic carbocycles. The zero-order valence-corrected chi connectivity index (χ0v) is 11.2. The van der Waals surface area contributed by atoms with Gasteiger partial charge in [0.25, 0.3) is 0 Å². The molecule has 0 radical (unpaired) electrons. The highest BCUT2D eigenvalue weighted by atomic mass is 79.9. The van der Waals surface area contributed by atoms with Gasteiger partial charge in [-0.2, -0.15) is 4.98 Å². The van der Waals surface area contributed by atoms with Crippen molar-refractivity contribution in [3.8, 4) is 0 Å². The third-order valence-corrected chi connectivity index (χ3v) is 3.68. The Kier molecular flexibility index (Phi) is 4.17. The predicted molar refractivity (Wildman–Crippen MR) is 70.8 cm³/mol. The van der Waals surface area contributed by atoms with Gasteiger partial charge in [0.1, 0.15) is 5.82 Å². The van der Waals surface area contributed by atoms with E-state index in [1.807, 2.05) is 0 Å². The monoisotopic (exact) mass is 300 g/mol. The minimum Gasteiger partial charge on any atom is -0.395 e. The minimum atomic E-state index is 0.118. The van der Waals surface area contributed by atoms with E-state index in [0.717, 1.165) is 23.1 Å². The predicted octanol–water partition coefficient (Wildman–Crippen LogP) is 1.56. The highest BCUT2D eigenvalue weighted by Crippen LogP contribution is 2.31. The van der Waals surface area contributed by atoms with Gasteiger partial charge in [-0.05, 0) is 28.8 Å². The van der Waals surface area contributed by atoms with Crippen LogP contribution in [0.4, 0.5) is 11.8 Å². The van der Waals surface area contributed by atoms with Gasteiger partial charge >= 0.3 is 0 Å². The maximum atomic E-state index is 9.19. The molecule has 0 amide bonds. The topological polar surface area (TPSA) is 75.3 Å². The molecular formula is C11H17BrN4O. The van der Waals surface area contributed by atoms with Crippen molar-refractivity contribution in [3.05, 3.63) is 10.7 Å². The lowest BCUT2D eigenvalue weighted by Crippen LogP contribution is -2.36. The van der Waals surface area contributed by atoms with Gasteiger partial charge in [-0.3, -0.25) is 0 Å². The molecule has 5 nitrogen and oxygen atoms in total. The zero-order chi connectivity index (χ0) is 12.3. The molecule has 1 aromatic rings. The van der Waals surface area contributed by atoms with E-state index in [9.17, 15) is 5.11 Å². The molecule has 17 heavy (non-hydrogen) atoms. The van der Waals surface area contributed by atoms with Crippen molar-refractivity contribution in [1.29, 1.82) is 0 Å². The third kappa shape index (κ3) is 2.87. The van der Waals surface area contributed by atoms with Gasteiger partial charge in [0.05, 0.1) is 11.1 Å². The number of aliphatic hydroxyl groups excluding tert-OH is 1. The summed E-state index contributed by atoms with van der Waals surface area (Å²) in [6, 6.07) is 0.452. The van der Waals surface area contributed by atoms with Crippen molar-refractivity contribution in [2.24, 2.45) is 0 Å². The number of hydrogen-bond acceptors (Lipinski definition) is 5. The van der Waals surface area contributed by atoms with Crippen LogP contribution in [0.1, 0.15) is 25.7 Å². The quantitative estimate of drug-likeness (QED) is 0.883. The van der Waals surface area contributed by atoms with E-state index in [4.69, 9.17) is 5.73 Å². The Hall–Kier alpha value is -0.880. The molecule has 1 fully saturated rings. The van der Waals surface area contributed by atoms with Crippen molar-refractivity contribution >= 4 is 27.7 Å². The van der Waals surface area contributed by atoms with Gasteiger partial charge < -0.3 is 15.7 Å². The summed E-state index contributed by atoms with van der Waals surface area (Å²) in [6.07, 6.45) is 6.44. The van der Waals surface area contributed by atoms with Crippen LogP contribution in [-0.4, -0.2) is 34.3 Å². The summed E-state index contributed by atoms with van der Waals surface area (Å²) in [7, 11) is 0. The molecule has 1 heterocycles. The van der Waals surface area contributed by atoms with E-state index >= 15 is 0 Å². The number of hydrogen-bond donors (Lipinski definition) is 2. The highest BCUT2D eigenvalue weighted by Gasteiger charge is 2.25. The number of halogens is 1. The molecule has 3 N–H and O–H groups in total. The molecule has 0 bridgehead atoms. The van der Waals surface area contributed by atoms with Crippen molar-refractivity contribution in [1.82, 2.24) is 9.97 Å². The molecule has 0 saturated heterocycles. The second kappa shape index (κ2) is 5.64. The van der Waals surface area contributed by atoms with Gasteiger partial charge in [0.2, 0.25) is 5.95 Å².